The molecule has 0 fully saturated rings. The lowest BCUT2D eigenvalue weighted by atomic mass is 10.0. The smallest absolute Gasteiger partial charge is 0.537 e. The van der Waals surface area contributed by atoms with Crippen LogP contribution in [0.4, 0.5) is 5.82 Å². The van der Waals surface area contributed by atoms with E-state index in [4.69, 9.17) is 34.4 Å². The predicted octanol–water partition coefficient (Wildman–Crippen LogP) is 15.4. The first kappa shape index (κ1) is 72.7. The maximum atomic E-state index is 12.2. The van der Waals surface area contributed by atoms with Crippen LogP contribution in [0.2, 0.25) is 0 Å². The Balaban J connectivity index is 0.000000291. The molecule has 0 aliphatic heterocycles. The second kappa shape index (κ2) is 32.8. The van der Waals surface area contributed by atoms with Crippen LogP contribution in [0.15, 0.2) is 169 Å². The van der Waals surface area contributed by atoms with E-state index in [1.807, 2.05) is 181 Å². The number of pyridine rings is 4. The molecule has 4 aromatic heterocycles. The van der Waals surface area contributed by atoms with Crippen molar-refractivity contribution in [2.75, 3.05) is 5.73 Å². The Morgan fingerprint density at radius 1 is 0.483 bits per heavy atom. The fourth-order valence-corrected chi connectivity index (χ4v) is 8.01. The quantitative estimate of drug-likeness (QED) is 0.0454. The summed E-state index contributed by atoms with van der Waals surface area (Å²) >= 11 is 3.28. The lowest BCUT2D eigenvalue weighted by Crippen LogP contribution is -2.31. The van der Waals surface area contributed by atoms with Crippen LogP contribution in [0.3, 0.4) is 0 Å². The maximum Gasteiger partial charge on any atom is 0.569 e. The van der Waals surface area contributed by atoms with Crippen molar-refractivity contribution in [3.8, 4) is 39.5 Å². The number of carbonyl (C=O) groups is 4. The summed E-state index contributed by atoms with van der Waals surface area (Å²) in [5.41, 5.74) is 15.7. The van der Waals surface area contributed by atoms with Crippen LogP contribution in [0, 0.1) is 27.7 Å². The van der Waals surface area contributed by atoms with Gasteiger partial charge in [0.25, 0.3) is 0 Å². The average Bonchev–Trinajstić information content (AvgIpc) is 2.33. The molecule has 0 aliphatic carbocycles. The summed E-state index contributed by atoms with van der Waals surface area (Å²) in [7, 11) is 2.57. The number of nitrogens with zero attached hydrogens (tertiary/aromatic N) is 4. The van der Waals surface area contributed by atoms with Gasteiger partial charge >= 0.3 is 31.6 Å². The summed E-state index contributed by atoms with van der Waals surface area (Å²) in [6, 6.07) is 44.2. The topological polar surface area (TPSA) is 203 Å². The minimum atomic E-state index is -0.531. The lowest BCUT2D eigenvalue weighted by Gasteiger charge is -2.19. The van der Waals surface area contributed by atoms with E-state index in [1.165, 1.54) is 17.2 Å². The summed E-state index contributed by atoms with van der Waals surface area (Å²) in [6.45, 7) is 30.2. The molecule has 0 saturated heterocycles. The molecule has 0 saturated carbocycles. The van der Waals surface area contributed by atoms with Gasteiger partial charge in [-0.05, 0) is 228 Å². The molecule has 0 atom stereocenters. The SMILES string of the molecule is C.CC(C)(C)OC(=O)c1cccc(O[B]O)c1.Cc1ccc(N)nc1-c1cccc(C(=O)OC(C)(C)C)c1.Cc1ccc[n+](C)c1-c1cccc(C(=O)OC(C)(C)C)c1.Cc1cccnc1-c1cccc(C(=O)OC(C)(C)C)c1.Cc1cccnc1Br. The van der Waals surface area contributed by atoms with E-state index in [2.05, 4.69) is 48.4 Å². The van der Waals surface area contributed by atoms with Crippen molar-refractivity contribution in [1.29, 1.82) is 0 Å². The van der Waals surface area contributed by atoms with Crippen molar-refractivity contribution in [3.05, 3.63) is 213 Å². The third-order valence-corrected chi connectivity index (χ3v) is 12.3. The monoisotopic (exact) mass is 1250 g/mol. The molecule has 3 N–H and O–H groups in total. The Morgan fingerprint density at radius 2 is 0.874 bits per heavy atom. The highest BCUT2D eigenvalue weighted by molar-refractivity contribution is 9.10. The van der Waals surface area contributed by atoms with E-state index in [1.54, 1.807) is 81.7 Å². The van der Waals surface area contributed by atoms with Gasteiger partial charge in [-0.15, -0.1) is 0 Å². The molecular weight excluding hydrogens is 1160 g/mol. The van der Waals surface area contributed by atoms with Crippen LogP contribution in [0.5, 0.6) is 5.75 Å². The molecule has 4 aromatic carbocycles. The number of esters is 4. The van der Waals surface area contributed by atoms with E-state index >= 15 is 0 Å². The Kier molecular flexibility index (Phi) is 27.4. The number of hydrogen-bond acceptors (Lipinski definition) is 14. The van der Waals surface area contributed by atoms with Crippen molar-refractivity contribution < 1.29 is 52.4 Å². The number of ether oxygens (including phenoxy) is 4. The Morgan fingerprint density at radius 3 is 1.29 bits per heavy atom. The summed E-state index contributed by atoms with van der Waals surface area (Å²) in [6.07, 6.45) is 5.52. The molecule has 87 heavy (non-hydrogen) atoms. The molecule has 0 amide bonds. The van der Waals surface area contributed by atoms with E-state index in [9.17, 15) is 19.2 Å². The molecule has 4 heterocycles. The number of hydrogen-bond donors (Lipinski definition) is 2. The molecule has 459 valence electrons. The van der Waals surface area contributed by atoms with Gasteiger partial charge in [0.05, 0.1) is 33.6 Å². The van der Waals surface area contributed by atoms with Crippen molar-refractivity contribution in [1.82, 2.24) is 15.0 Å². The highest BCUT2D eigenvalue weighted by Crippen LogP contribution is 2.27. The molecule has 8 rings (SSSR count). The van der Waals surface area contributed by atoms with Crippen LogP contribution >= 0.6 is 15.9 Å². The van der Waals surface area contributed by atoms with Gasteiger partial charge in [-0.2, -0.15) is 0 Å². The van der Waals surface area contributed by atoms with Crippen LogP contribution in [0.25, 0.3) is 33.8 Å². The van der Waals surface area contributed by atoms with Gasteiger partial charge in [-0.25, -0.2) is 33.7 Å². The fraction of sp³-hybridized carbons (Fsp3) is 0.314. The van der Waals surface area contributed by atoms with E-state index < -0.39 is 28.4 Å². The third kappa shape index (κ3) is 25.5. The van der Waals surface area contributed by atoms with Crippen LogP contribution < -0.4 is 15.0 Å². The second-order valence-electron chi connectivity index (χ2n) is 23.8. The summed E-state index contributed by atoms with van der Waals surface area (Å²) < 4.78 is 29.1. The fourth-order valence-electron chi connectivity index (χ4n) is 7.76. The first-order valence-corrected chi connectivity index (χ1v) is 28.6. The zero-order chi connectivity index (χ0) is 64.2. The van der Waals surface area contributed by atoms with Gasteiger partial charge in [0, 0.05) is 40.7 Å². The summed E-state index contributed by atoms with van der Waals surface area (Å²) in [5.74, 6) is -0.528. The standard InChI is InChI=1S/C18H22NO2.C17H20N2O2.C17H19NO2.C11H14BO4.C6H6BrN.CH4/c1-13-8-7-11-19(5)16(13)14-9-6-10-15(12-14)17(20)21-18(2,3)4;1-11-8-9-14(18)19-15(11)12-6-5-7-13(10-12)16(20)21-17(2,3)4;1-12-7-6-10-18-15(12)13-8-5-9-14(11-13)16(19)20-17(2,3)4;1-11(2,3)15-10(13)8-5-4-6-9(7-8)16-12-14;1-5-3-2-4-8-6(5)7;/h6-12H,1-5H3;5-10H,1-4H3,(H2,18,19);5-11H,1-4H3;4-7,14H,1-3H3;2-4H,1H3;1H4/q+1;;;;;. The van der Waals surface area contributed by atoms with Crippen molar-refractivity contribution in [2.45, 2.75) is 141 Å². The molecule has 1 radical (unpaired) electrons. The number of aromatic nitrogens is 4. The maximum absolute atomic E-state index is 12.2. The van der Waals surface area contributed by atoms with Gasteiger partial charge in [0.2, 0.25) is 5.69 Å². The first-order valence-electron chi connectivity index (χ1n) is 27.8. The number of benzene rings is 4. The molecule has 0 unspecified atom stereocenters. The molecule has 15 nitrogen and oxygen atoms in total. The predicted molar refractivity (Wildman–Crippen MR) is 350 cm³/mol. The van der Waals surface area contributed by atoms with E-state index in [0.29, 0.717) is 41.5 Å². The average molecular weight is 1250 g/mol. The van der Waals surface area contributed by atoms with Gasteiger partial charge in [-0.3, -0.25) is 4.98 Å². The summed E-state index contributed by atoms with van der Waals surface area (Å²) in [4.78, 5) is 60.8. The first-order chi connectivity index (χ1) is 40.1. The minimum Gasteiger partial charge on any atom is -0.537 e. The number of rotatable bonds is 9. The summed E-state index contributed by atoms with van der Waals surface area (Å²) in [5, 5.41) is 8.47. The highest BCUT2D eigenvalue weighted by atomic mass is 79.9. The Hall–Kier alpha value is -8.54. The lowest BCUT2D eigenvalue weighted by molar-refractivity contribution is -0.660. The largest absolute Gasteiger partial charge is 0.569 e. The zero-order valence-electron chi connectivity index (χ0n) is 52.5. The highest BCUT2D eigenvalue weighted by Gasteiger charge is 2.23. The molecular formula is C70H85BBrN5O10+. The minimum absolute atomic E-state index is 0. The molecule has 0 spiro atoms. The third-order valence-electron chi connectivity index (χ3n) is 11.4. The van der Waals surface area contributed by atoms with Crippen molar-refractivity contribution >= 4 is 53.3 Å². The van der Waals surface area contributed by atoms with Gasteiger partial charge < -0.3 is 34.4 Å². The normalized spacial score (nSPS) is 10.8. The number of halogens is 1. The van der Waals surface area contributed by atoms with Crippen molar-refractivity contribution in [3.63, 3.8) is 0 Å². The molecule has 17 heteroatoms. The Labute approximate surface area is 524 Å². The molecule has 0 bridgehead atoms. The van der Waals surface area contributed by atoms with Gasteiger partial charge in [0.1, 0.15) is 45.6 Å². The van der Waals surface area contributed by atoms with E-state index in [0.717, 1.165) is 49.5 Å². The number of nitrogens with two attached hydrogens (primary N) is 1. The van der Waals surface area contributed by atoms with Crippen LogP contribution in [0.1, 0.15) is 154 Å². The van der Waals surface area contributed by atoms with Crippen LogP contribution in [-0.4, -0.2) is 73.9 Å². The second-order valence-corrected chi connectivity index (χ2v) is 24.6. The van der Waals surface area contributed by atoms with Crippen LogP contribution in [-0.2, 0) is 26.0 Å². The number of anilines is 1. The van der Waals surface area contributed by atoms with Gasteiger partial charge in [0.15, 0.2) is 6.20 Å². The number of nitrogen functional groups attached to an aromatic ring is 1. The molecule has 8 aromatic rings. The zero-order valence-corrected chi connectivity index (χ0v) is 54.1. The van der Waals surface area contributed by atoms with Gasteiger partial charge in [-0.1, -0.05) is 62.0 Å². The Bertz CT molecular complexity index is 3540. The van der Waals surface area contributed by atoms with E-state index in [-0.39, 0.29) is 25.3 Å². The number of aryl methyl sites for hydroxylation is 5. The molecule has 0 aliphatic rings. The van der Waals surface area contributed by atoms with Crippen molar-refractivity contribution in [2.24, 2.45) is 7.05 Å². The number of carbonyl (C=O) groups excluding carboxylic acids is 4.